The van der Waals surface area contributed by atoms with E-state index in [1.807, 2.05) is 0 Å². The SMILES string of the molecule is CC1CC(C)CN(CC2COCCC2=O)C1. The first kappa shape index (κ1) is 12.1. The second kappa shape index (κ2) is 5.28. The van der Waals surface area contributed by atoms with Crippen molar-refractivity contribution in [3.8, 4) is 0 Å². The summed E-state index contributed by atoms with van der Waals surface area (Å²) in [6.45, 7) is 9.08. The number of piperidine rings is 1. The van der Waals surface area contributed by atoms with Gasteiger partial charge >= 0.3 is 0 Å². The Morgan fingerprint density at radius 3 is 2.62 bits per heavy atom. The van der Waals surface area contributed by atoms with E-state index in [9.17, 15) is 4.79 Å². The Balaban J connectivity index is 1.85. The van der Waals surface area contributed by atoms with Crippen LogP contribution in [0, 0.1) is 17.8 Å². The minimum Gasteiger partial charge on any atom is -0.380 e. The Labute approximate surface area is 98.1 Å². The van der Waals surface area contributed by atoms with Crippen molar-refractivity contribution in [3.63, 3.8) is 0 Å². The standard InChI is InChI=1S/C13H23NO2/c1-10-5-11(2)7-14(6-10)8-12-9-16-4-3-13(12)15/h10-12H,3-9H2,1-2H3. The van der Waals surface area contributed by atoms with Crippen LogP contribution in [0.1, 0.15) is 26.7 Å². The molecule has 0 aromatic carbocycles. The number of carbonyl (C=O) groups excluding carboxylic acids is 1. The van der Waals surface area contributed by atoms with Gasteiger partial charge in [-0.05, 0) is 18.3 Å². The normalized spacial score (nSPS) is 37.6. The largest absolute Gasteiger partial charge is 0.380 e. The fourth-order valence-corrected chi connectivity index (χ4v) is 3.10. The van der Waals surface area contributed by atoms with Crippen molar-refractivity contribution in [2.45, 2.75) is 26.7 Å². The Hall–Kier alpha value is -0.410. The van der Waals surface area contributed by atoms with Crippen LogP contribution in [0.5, 0.6) is 0 Å². The molecule has 0 bridgehead atoms. The van der Waals surface area contributed by atoms with E-state index in [-0.39, 0.29) is 5.92 Å². The van der Waals surface area contributed by atoms with Crippen LogP contribution in [0.2, 0.25) is 0 Å². The minimum atomic E-state index is 0.131. The van der Waals surface area contributed by atoms with Gasteiger partial charge in [-0.1, -0.05) is 13.8 Å². The third-order valence-electron chi connectivity index (χ3n) is 3.69. The first-order chi connectivity index (χ1) is 7.65. The van der Waals surface area contributed by atoms with Gasteiger partial charge in [0.25, 0.3) is 0 Å². The van der Waals surface area contributed by atoms with Crippen molar-refractivity contribution < 1.29 is 9.53 Å². The number of ether oxygens (including phenoxy) is 1. The summed E-state index contributed by atoms with van der Waals surface area (Å²) < 4.78 is 5.40. The van der Waals surface area contributed by atoms with Gasteiger partial charge in [0, 0.05) is 26.1 Å². The van der Waals surface area contributed by atoms with E-state index in [1.54, 1.807) is 0 Å². The summed E-state index contributed by atoms with van der Waals surface area (Å²) >= 11 is 0. The molecule has 2 fully saturated rings. The summed E-state index contributed by atoms with van der Waals surface area (Å²) in [6.07, 6.45) is 1.94. The number of likely N-dealkylation sites (tertiary alicyclic amines) is 1. The second-order valence-electron chi connectivity index (χ2n) is 5.65. The number of Topliss-reactive ketones (excluding diaryl/α,β-unsaturated/α-hetero) is 1. The van der Waals surface area contributed by atoms with Crippen LogP contribution in [0.25, 0.3) is 0 Å². The van der Waals surface area contributed by atoms with E-state index in [0.717, 1.165) is 31.5 Å². The van der Waals surface area contributed by atoms with Crippen LogP contribution >= 0.6 is 0 Å². The highest BCUT2D eigenvalue weighted by molar-refractivity contribution is 5.82. The van der Waals surface area contributed by atoms with Crippen molar-refractivity contribution in [1.82, 2.24) is 4.90 Å². The van der Waals surface area contributed by atoms with E-state index in [0.29, 0.717) is 25.4 Å². The maximum atomic E-state index is 11.7. The lowest BCUT2D eigenvalue weighted by molar-refractivity contribution is -0.131. The van der Waals surface area contributed by atoms with Gasteiger partial charge in [-0.15, -0.1) is 0 Å². The number of carbonyl (C=O) groups is 1. The van der Waals surface area contributed by atoms with Gasteiger partial charge in [0.05, 0.1) is 19.1 Å². The lowest BCUT2D eigenvalue weighted by atomic mass is 9.90. The average molecular weight is 225 g/mol. The molecular formula is C13H23NO2. The molecule has 3 unspecified atom stereocenters. The van der Waals surface area contributed by atoms with E-state index in [1.165, 1.54) is 6.42 Å². The molecule has 0 saturated carbocycles. The molecule has 92 valence electrons. The maximum absolute atomic E-state index is 11.7. The van der Waals surface area contributed by atoms with E-state index >= 15 is 0 Å². The number of rotatable bonds is 2. The summed E-state index contributed by atoms with van der Waals surface area (Å²) in [4.78, 5) is 14.2. The lowest BCUT2D eigenvalue weighted by Gasteiger charge is -2.37. The molecular weight excluding hydrogens is 202 g/mol. The van der Waals surface area contributed by atoms with E-state index < -0.39 is 0 Å². The van der Waals surface area contributed by atoms with Crippen molar-refractivity contribution in [2.75, 3.05) is 32.8 Å². The minimum absolute atomic E-state index is 0.131. The Bertz CT molecular complexity index is 244. The first-order valence-corrected chi connectivity index (χ1v) is 6.48. The average Bonchev–Trinajstić information content (AvgIpc) is 2.20. The van der Waals surface area contributed by atoms with Gasteiger partial charge < -0.3 is 9.64 Å². The molecule has 0 amide bonds. The zero-order valence-electron chi connectivity index (χ0n) is 10.4. The van der Waals surface area contributed by atoms with Gasteiger partial charge in [0.1, 0.15) is 5.78 Å². The molecule has 2 heterocycles. The molecule has 0 spiro atoms. The van der Waals surface area contributed by atoms with Gasteiger partial charge in [0.15, 0.2) is 0 Å². The molecule has 2 saturated heterocycles. The Morgan fingerprint density at radius 1 is 1.31 bits per heavy atom. The zero-order chi connectivity index (χ0) is 11.5. The van der Waals surface area contributed by atoms with Crippen molar-refractivity contribution in [2.24, 2.45) is 17.8 Å². The molecule has 0 N–H and O–H groups in total. The molecule has 2 aliphatic rings. The summed E-state index contributed by atoms with van der Waals surface area (Å²) in [6, 6.07) is 0. The van der Waals surface area contributed by atoms with E-state index in [4.69, 9.17) is 4.74 Å². The van der Waals surface area contributed by atoms with Crippen LogP contribution in [0.15, 0.2) is 0 Å². The summed E-state index contributed by atoms with van der Waals surface area (Å²) in [7, 11) is 0. The second-order valence-corrected chi connectivity index (χ2v) is 5.65. The Kier molecular flexibility index (Phi) is 3.98. The van der Waals surface area contributed by atoms with Gasteiger partial charge in [-0.3, -0.25) is 4.79 Å². The molecule has 0 radical (unpaired) electrons. The molecule has 2 rings (SSSR count). The molecule has 2 aliphatic heterocycles. The molecule has 0 aromatic rings. The number of nitrogens with zero attached hydrogens (tertiary/aromatic N) is 1. The summed E-state index contributed by atoms with van der Waals surface area (Å²) in [5.74, 6) is 2.06. The van der Waals surface area contributed by atoms with Crippen LogP contribution < -0.4 is 0 Å². The molecule has 0 aliphatic carbocycles. The topological polar surface area (TPSA) is 29.5 Å². The van der Waals surface area contributed by atoms with Gasteiger partial charge in [-0.2, -0.15) is 0 Å². The van der Waals surface area contributed by atoms with E-state index in [2.05, 4.69) is 18.7 Å². The van der Waals surface area contributed by atoms with Gasteiger partial charge in [0.2, 0.25) is 0 Å². The number of ketones is 1. The third-order valence-corrected chi connectivity index (χ3v) is 3.69. The molecule has 0 aromatic heterocycles. The quantitative estimate of drug-likeness (QED) is 0.714. The molecule has 3 heteroatoms. The number of hydrogen-bond donors (Lipinski definition) is 0. The fourth-order valence-electron chi connectivity index (χ4n) is 3.10. The smallest absolute Gasteiger partial charge is 0.141 e. The van der Waals surface area contributed by atoms with Gasteiger partial charge in [-0.25, -0.2) is 0 Å². The van der Waals surface area contributed by atoms with Crippen LogP contribution in [0.4, 0.5) is 0 Å². The fraction of sp³-hybridized carbons (Fsp3) is 0.923. The van der Waals surface area contributed by atoms with Crippen molar-refractivity contribution >= 4 is 5.78 Å². The third kappa shape index (κ3) is 3.05. The Morgan fingerprint density at radius 2 is 2.00 bits per heavy atom. The number of hydrogen-bond acceptors (Lipinski definition) is 3. The highest BCUT2D eigenvalue weighted by Gasteiger charge is 2.28. The molecule has 16 heavy (non-hydrogen) atoms. The molecule has 3 nitrogen and oxygen atoms in total. The van der Waals surface area contributed by atoms with Crippen LogP contribution in [0.3, 0.4) is 0 Å². The zero-order valence-corrected chi connectivity index (χ0v) is 10.4. The highest BCUT2D eigenvalue weighted by atomic mass is 16.5. The highest BCUT2D eigenvalue weighted by Crippen LogP contribution is 2.22. The van der Waals surface area contributed by atoms with Crippen molar-refractivity contribution in [1.29, 1.82) is 0 Å². The predicted molar refractivity (Wildman–Crippen MR) is 63.3 cm³/mol. The summed E-state index contributed by atoms with van der Waals surface area (Å²) in [5.41, 5.74) is 0. The summed E-state index contributed by atoms with van der Waals surface area (Å²) in [5, 5.41) is 0. The maximum Gasteiger partial charge on any atom is 0.141 e. The van der Waals surface area contributed by atoms with Crippen molar-refractivity contribution in [3.05, 3.63) is 0 Å². The van der Waals surface area contributed by atoms with Crippen LogP contribution in [-0.2, 0) is 9.53 Å². The predicted octanol–water partition coefficient (Wildman–Crippen LogP) is 1.57. The first-order valence-electron chi connectivity index (χ1n) is 6.48. The monoisotopic (exact) mass is 225 g/mol. The molecule has 3 atom stereocenters. The lowest BCUT2D eigenvalue weighted by Crippen LogP contribution is -2.44. The van der Waals surface area contributed by atoms with Crippen LogP contribution in [-0.4, -0.2) is 43.5 Å².